The van der Waals surface area contributed by atoms with E-state index in [9.17, 15) is 4.79 Å². The maximum Gasteiger partial charge on any atom is 0.236 e. The second-order valence-corrected chi connectivity index (χ2v) is 4.06. The number of hydrogen-bond donors (Lipinski definition) is 0. The van der Waals surface area contributed by atoms with E-state index in [2.05, 4.69) is 29.4 Å². The molecule has 0 saturated heterocycles. The van der Waals surface area contributed by atoms with Crippen molar-refractivity contribution in [1.29, 1.82) is 0 Å². The van der Waals surface area contributed by atoms with Gasteiger partial charge in [0.25, 0.3) is 0 Å². The third kappa shape index (κ3) is 3.90. The Hall–Kier alpha value is -0.310. The van der Waals surface area contributed by atoms with Crippen LogP contribution in [0.4, 0.5) is 0 Å². The quantitative estimate of drug-likeness (QED) is 0.527. The van der Waals surface area contributed by atoms with Gasteiger partial charge in [0.2, 0.25) is 5.91 Å². The van der Waals surface area contributed by atoms with Crippen LogP contribution >= 0.6 is 15.9 Å². The molecule has 0 heterocycles. The molecule has 0 bridgehead atoms. The number of alkyl halides is 1. The highest BCUT2D eigenvalue weighted by atomic mass is 79.9. The molecule has 0 spiro atoms. The van der Waals surface area contributed by atoms with Gasteiger partial charge in [0, 0.05) is 13.1 Å². The Morgan fingerprint density at radius 3 is 2.67 bits per heavy atom. The Bertz CT molecular complexity index is 157. The largest absolute Gasteiger partial charge is 0.338 e. The van der Waals surface area contributed by atoms with E-state index in [4.69, 9.17) is 0 Å². The van der Waals surface area contributed by atoms with Gasteiger partial charge in [0.1, 0.15) is 0 Å². The molecule has 1 atom stereocenters. The Kier molecular flexibility index (Phi) is 6.07. The van der Waals surface area contributed by atoms with Crippen LogP contribution in [0.5, 0.6) is 0 Å². The number of carbonyl (C=O) groups excluding carboxylic acids is 1. The molecule has 0 aromatic rings. The molecule has 12 heavy (non-hydrogen) atoms. The van der Waals surface area contributed by atoms with Crippen molar-refractivity contribution in [2.75, 3.05) is 13.1 Å². The zero-order chi connectivity index (χ0) is 9.56. The summed E-state index contributed by atoms with van der Waals surface area (Å²) in [5.74, 6) is 0.136. The van der Waals surface area contributed by atoms with Gasteiger partial charge < -0.3 is 4.90 Å². The number of carbonyl (C=O) groups is 1. The van der Waals surface area contributed by atoms with Crippen molar-refractivity contribution in [3.8, 4) is 0 Å². The lowest BCUT2D eigenvalue weighted by Gasteiger charge is -2.21. The summed E-state index contributed by atoms with van der Waals surface area (Å²) >= 11 is 3.25. The van der Waals surface area contributed by atoms with E-state index in [-0.39, 0.29) is 10.7 Å². The van der Waals surface area contributed by atoms with Gasteiger partial charge >= 0.3 is 0 Å². The molecular formula is C9H16BrNO. The Morgan fingerprint density at radius 1 is 1.75 bits per heavy atom. The lowest BCUT2D eigenvalue weighted by atomic mass is 10.3. The number of halogens is 1. The average molecular weight is 234 g/mol. The Balaban J connectivity index is 4.08. The third-order valence-electron chi connectivity index (χ3n) is 1.49. The van der Waals surface area contributed by atoms with E-state index in [1.807, 2.05) is 6.92 Å². The van der Waals surface area contributed by atoms with Crippen LogP contribution in [0, 0.1) is 0 Å². The highest BCUT2D eigenvalue weighted by Crippen LogP contribution is 2.04. The van der Waals surface area contributed by atoms with Crippen molar-refractivity contribution in [3.05, 3.63) is 12.7 Å². The van der Waals surface area contributed by atoms with Gasteiger partial charge in [-0.15, -0.1) is 6.58 Å². The summed E-state index contributed by atoms with van der Waals surface area (Å²) in [6, 6.07) is 0. The summed E-state index contributed by atoms with van der Waals surface area (Å²) in [5.41, 5.74) is 0. The molecule has 0 N–H and O–H groups in total. The van der Waals surface area contributed by atoms with Gasteiger partial charge in [0.05, 0.1) is 4.83 Å². The summed E-state index contributed by atoms with van der Waals surface area (Å²) in [4.78, 5) is 13.2. The molecule has 0 fully saturated rings. The minimum Gasteiger partial charge on any atom is -0.338 e. The van der Waals surface area contributed by atoms with E-state index >= 15 is 0 Å². The first-order valence-corrected chi connectivity index (χ1v) is 5.08. The first kappa shape index (κ1) is 11.7. The molecule has 0 aliphatic heterocycles. The SMILES string of the molecule is C=CCN(CCC)C(=O)C(C)Br. The molecule has 2 nitrogen and oxygen atoms in total. The van der Waals surface area contributed by atoms with Crippen LogP contribution in [-0.4, -0.2) is 28.7 Å². The van der Waals surface area contributed by atoms with Gasteiger partial charge in [-0.1, -0.05) is 28.9 Å². The van der Waals surface area contributed by atoms with E-state index in [0.717, 1.165) is 13.0 Å². The van der Waals surface area contributed by atoms with Crippen molar-refractivity contribution >= 4 is 21.8 Å². The van der Waals surface area contributed by atoms with E-state index < -0.39 is 0 Å². The zero-order valence-corrected chi connectivity index (χ0v) is 9.30. The molecule has 0 aliphatic carbocycles. The minimum atomic E-state index is -0.0935. The second kappa shape index (κ2) is 6.23. The molecule has 1 unspecified atom stereocenters. The van der Waals surface area contributed by atoms with E-state index in [1.165, 1.54) is 0 Å². The molecule has 0 aromatic heterocycles. The molecule has 0 aromatic carbocycles. The zero-order valence-electron chi connectivity index (χ0n) is 7.72. The molecule has 1 amide bonds. The van der Waals surface area contributed by atoms with Crippen LogP contribution < -0.4 is 0 Å². The minimum absolute atomic E-state index is 0.0935. The number of hydrogen-bond acceptors (Lipinski definition) is 1. The van der Waals surface area contributed by atoms with E-state index in [1.54, 1.807) is 11.0 Å². The number of amides is 1. The number of rotatable bonds is 5. The molecule has 3 heteroatoms. The predicted octanol–water partition coefficient (Wildman–Crippen LogP) is 2.19. The maximum atomic E-state index is 11.5. The van der Waals surface area contributed by atoms with Crippen molar-refractivity contribution in [1.82, 2.24) is 4.90 Å². The first-order chi connectivity index (χ1) is 5.63. The Labute approximate surface area is 82.8 Å². The molecule has 70 valence electrons. The maximum absolute atomic E-state index is 11.5. The smallest absolute Gasteiger partial charge is 0.236 e. The highest BCUT2D eigenvalue weighted by molar-refractivity contribution is 9.10. The van der Waals surface area contributed by atoms with Crippen LogP contribution in [0.25, 0.3) is 0 Å². The lowest BCUT2D eigenvalue weighted by molar-refractivity contribution is -0.129. The Morgan fingerprint density at radius 2 is 2.33 bits per heavy atom. The molecule has 0 aliphatic rings. The van der Waals surface area contributed by atoms with Crippen LogP contribution in [0.15, 0.2) is 12.7 Å². The van der Waals surface area contributed by atoms with Gasteiger partial charge in [0.15, 0.2) is 0 Å². The van der Waals surface area contributed by atoms with Crippen molar-refractivity contribution in [3.63, 3.8) is 0 Å². The molecule has 0 saturated carbocycles. The van der Waals surface area contributed by atoms with Gasteiger partial charge in [-0.2, -0.15) is 0 Å². The summed E-state index contributed by atoms with van der Waals surface area (Å²) in [6.07, 6.45) is 2.74. The predicted molar refractivity (Wildman–Crippen MR) is 55.5 cm³/mol. The van der Waals surface area contributed by atoms with Crippen LogP contribution in [-0.2, 0) is 4.79 Å². The fourth-order valence-electron chi connectivity index (χ4n) is 0.969. The van der Waals surface area contributed by atoms with Crippen LogP contribution in [0.2, 0.25) is 0 Å². The standard InChI is InChI=1S/C9H16BrNO/c1-4-6-11(7-5-2)9(12)8(3)10/h4,8H,1,5-7H2,2-3H3. The summed E-state index contributed by atoms with van der Waals surface area (Å²) in [5, 5.41) is 0. The molecule has 0 rings (SSSR count). The van der Waals surface area contributed by atoms with Crippen LogP contribution in [0.1, 0.15) is 20.3 Å². The summed E-state index contributed by atoms with van der Waals surface area (Å²) in [7, 11) is 0. The van der Waals surface area contributed by atoms with Gasteiger partial charge in [-0.25, -0.2) is 0 Å². The van der Waals surface area contributed by atoms with Crippen molar-refractivity contribution in [2.45, 2.75) is 25.1 Å². The highest BCUT2D eigenvalue weighted by Gasteiger charge is 2.15. The monoisotopic (exact) mass is 233 g/mol. The number of nitrogens with zero attached hydrogens (tertiary/aromatic N) is 1. The van der Waals surface area contributed by atoms with E-state index in [0.29, 0.717) is 6.54 Å². The first-order valence-electron chi connectivity index (χ1n) is 4.17. The second-order valence-electron chi connectivity index (χ2n) is 2.69. The molecular weight excluding hydrogens is 218 g/mol. The van der Waals surface area contributed by atoms with Gasteiger partial charge in [-0.3, -0.25) is 4.79 Å². The molecule has 0 radical (unpaired) electrons. The fourth-order valence-corrected chi connectivity index (χ4v) is 1.26. The summed E-state index contributed by atoms with van der Waals surface area (Å²) < 4.78 is 0. The third-order valence-corrected chi connectivity index (χ3v) is 1.89. The average Bonchev–Trinajstić information content (AvgIpc) is 2.03. The van der Waals surface area contributed by atoms with Gasteiger partial charge in [-0.05, 0) is 13.3 Å². The van der Waals surface area contributed by atoms with Crippen LogP contribution in [0.3, 0.4) is 0 Å². The van der Waals surface area contributed by atoms with Crippen molar-refractivity contribution in [2.24, 2.45) is 0 Å². The summed E-state index contributed by atoms with van der Waals surface area (Å²) in [6.45, 7) is 8.96. The topological polar surface area (TPSA) is 20.3 Å². The lowest BCUT2D eigenvalue weighted by Crippen LogP contribution is -2.36. The fraction of sp³-hybridized carbons (Fsp3) is 0.667. The van der Waals surface area contributed by atoms with Crippen molar-refractivity contribution < 1.29 is 4.79 Å². The normalized spacial score (nSPS) is 12.2.